The van der Waals surface area contributed by atoms with E-state index < -0.39 is 0 Å². The molecule has 24 heavy (non-hydrogen) atoms. The van der Waals surface area contributed by atoms with E-state index in [1.54, 1.807) is 12.1 Å². The van der Waals surface area contributed by atoms with E-state index in [4.69, 9.17) is 17.0 Å². The normalized spacial score (nSPS) is 19.8. The number of piperidine rings is 1. The summed E-state index contributed by atoms with van der Waals surface area (Å²) in [6, 6.07) is 7.27. The zero-order chi connectivity index (χ0) is 17.0. The first-order chi connectivity index (χ1) is 11.6. The Bertz CT molecular complexity index is 588. The number of carbonyl (C=O) groups excluding carboxylic acids is 1. The molecular weight excluding hydrogens is 320 g/mol. The Hall–Kier alpha value is -1.62. The average Bonchev–Trinajstić information content (AvgIpc) is 2.62. The van der Waals surface area contributed by atoms with E-state index in [0.717, 1.165) is 23.9 Å². The van der Waals surface area contributed by atoms with Crippen LogP contribution in [0.25, 0.3) is 0 Å². The minimum absolute atomic E-state index is 0.320. The van der Waals surface area contributed by atoms with Crippen molar-refractivity contribution in [2.45, 2.75) is 44.9 Å². The third kappa shape index (κ3) is 3.89. The summed E-state index contributed by atoms with van der Waals surface area (Å²) in [6.07, 6.45) is 9.38. The quantitative estimate of drug-likeness (QED) is 0.641. The van der Waals surface area contributed by atoms with Gasteiger partial charge in [0.15, 0.2) is 5.11 Å². The summed E-state index contributed by atoms with van der Waals surface area (Å²) in [6.45, 7) is 2.12. The molecule has 1 aromatic rings. The van der Waals surface area contributed by atoms with Gasteiger partial charge in [-0.15, -0.1) is 0 Å². The smallest absolute Gasteiger partial charge is 0.337 e. The molecule has 1 saturated carbocycles. The van der Waals surface area contributed by atoms with Crippen LogP contribution in [-0.2, 0) is 4.74 Å². The Balaban J connectivity index is 1.61. The lowest BCUT2D eigenvalue weighted by molar-refractivity contribution is 0.0601. The zero-order valence-electron chi connectivity index (χ0n) is 14.3. The van der Waals surface area contributed by atoms with Gasteiger partial charge in [0.05, 0.1) is 12.7 Å². The molecule has 0 aromatic heterocycles. The summed E-state index contributed by atoms with van der Waals surface area (Å²) < 4.78 is 4.72. The summed E-state index contributed by atoms with van der Waals surface area (Å²) >= 11 is 5.64. The second kappa shape index (κ2) is 7.51. The Kier molecular flexibility index (Phi) is 5.39. The van der Waals surface area contributed by atoms with Crippen LogP contribution in [0.3, 0.4) is 0 Å². The number of carbonyl (C=O) groups is 1. The predicted molar refractivity (Wildman–Crippen MR) is 100 cm³/mol. The van der Waals surface area contributed by atoms with Crippen LogP contribution in [0.15, 0.2) is 24.3 Å². The van der Waals surface area contributed by atoms with Crippen LogP contribution < -0.4 is 5.32 Å². The molecule has 1 saturated heterocycles. The third-order valence-corrected chi connectivity index (χ3v) is 5.78. The Morgan fingerprint density at radius 3 is 2.46 bits per heavy atom. The van der Waals surface area contributed by atoms with Gasteiger partial charge < -0.3 is 15.0 Å². The van der Waals surface area contributed by atoms with Gasteiger partial charge in [-0.1, -0.05) is 19.3 Å². The van der Waals surface area contributed by atoms with E-state index in [9.17, 15) is 4.79 Å². The third-order valence-electron chi connectivity index (χ3n) is 5.42. The number of hydrogen-bond acceptors (Lipinski definition) is 3. The molecule has 1 aliphatic heterocycles. The van der Waals surface area contributed by atoms with Crippen LogP contribution >= 0.6 is 12.2 Å². The van der Waals surface area contributed by atoms with Crippen LogP contribution in [0.4, 0.5) is 5.69 Å². The Morgan fingerprint density at radius 1 is 1.12 bits per heavy atom. The molecule has 4 nitrogen and oxygen atoms in total. The van der Waals surface area contributed by atoms with Crippen LogP contribution in [0.2, 0.25) is 0 Å². The van der Waals surface area contributed by atoms with E-state index in [1.165, 1.54) is 52.1 Å². The first-order valence-electron chi connectivity index (χ1n) is 8.86. The molecule has 130 valence electrons. The molecule has 0 amide bonds. The lowest BCUT2D eigenvalue weighted by Crippen LogP contribution is -2.48. The van der Waals surface area contributed by atoms with Gasteiger partial charge in [0.25, 0.3) is 0 Å². The highest BCUT2D eigenvalue weighted by molar-refractivity contribution is 7.80. The zero-order valence-corrected chi connectivity index (χ0v) is 15.2. The van der Waals surface area contributed by atoms with Crippen LogP contribution in [0.1, 0.15) is 55.3 Å². The number of benzene rings is 1. The number of nitrogens with zero attached hydrogens (tertiary/aromatic N) is 1. The lowest BCUT2D eigenvalue weighted by atomic mass is 9.69. The van der Waals surface area contributed by atoms with Crippen molar-refractivity contribution in [1.29, 1.82) is 0 Å². The van der Waals surface area contributed by atoms with Crippen molar-refractivity contribution in [2.24, 2.45) is 5.41 Å². The van der Waals surface area contributed by atoms with Crippen molar-refractivity contribution in [1.82, 2.24) is 4.90 Å². The fourth-order valence-electron chi connectivity index (χ4n) is 4.10. The summed E-state index contributed by atoms with van der Waals surface area (Å²) in [5.41, 5.74) is 1.95. The molecule has 1 heterocycles. The van der Waals surface area contributed by atoms with Gasteiger partial charge in [-0.25, -0.2) is 4.79 Å². The number of ether oxygens (including phenoxy) is 1. The van der Waals surface area contributed by atoms with E-state index in [-0.39, 0.29) is 5.97 Å². The Labute approximate surface area is 149 Å². The fraction of sp³-hybridized carbons (Fsp3) is 0.579. The highest BCUT2D eigenvalue weighted by atomic mass is 32.1. The van der Waals surface area contributed by atoms with Gasteiger partial charge in [-0.3, -0.25) is 0 Å². The predicted octanol–water partition coefficient (Wildman–Crippen LogP) is 4.22. The van der Waals surface area contributed by atoms with Crippen LogP contribution in [0, 0.1) is 5.41 Å². The van der Waals surface area contributed by atoms with Crippen molar-refractivity contribution >= 4 is 29.0 Å². The second-order valence-electron chi connectivity index (χ2n) is 7.08. The first-order valence-corrected chi connectivity index (χ1v) is 9.27. The van der Waals surface area contributed by atoms with Crippen molar-refractivity contribution in [3.63, 3.8) is 0 Å². The van der Waals surface area contributed by atoms with Gasteiger partial charge in [0, 0.05) is 18.8 Å². The van der Waals surface area contributed by atoms with Gasteiger partial charge in [-0.05, 0) is 67.6 Å². The minimum Gasteiger partial charge on any atom is -0.465 e. The van der Waals surface area contributed by atoms with Gasteiger partial charge >= 0.3 is 5.97 Å². The largest absolute Gasteiger partial charge is 0.465 e. The van der Waals surface area contributed by atoms with Crippen molar-refractivity contribution in [3.05, 3.63) is 29.8 Å². The van der Waals surface area contributed by atoms with E-state index in [2.05, 4.69) is 10.2 Å². The van der Waals surface area contributed by atoms with Crippen molar-refractivity contribution in [2.75, 3.05) is 25.5 Å². The molecule has 1 N–H and O–H groups in total. The molecule has 0 radical (unpaired) electrons. The van der Waals surface area contributed by atoms with Gasteiger partial charge in [-0.2, -0.15) is 0 Å². The maximum atomic E-state index is 11.5. The number of nitrogens with one attached hydrogen (secondary N) is 1. The second-order valence-corrected chi connectivity index (χ2v) is 7.47. The van der Waals surface area contributed by atoms with Crippen molar-refractivity contribution in [3.8, 4) is 0 Å². The maximum absolute atomic E-state index is 11.5. The molecule has 0 atom stereocenters. The topological polar surface area (TPSA) is 41.6 Å². The number of hydrogen-bond donors (Lipinski definition) is 1. The number of likely N-dealkylation sites (tertiary alicyclic amines) is 1. The first kappa shape index (κ1) is 17.2. The molecule has 5 heteroatoms. The van der Waals surface area contributed by atoms with E-state index >= 15 is 0 Å². The number of esters is 1. The summed E-state index contributed by atoms with van der Waals surface area (Å²) in [7, 11) is 1.39. The van der Waals surface area contributed by atoms with Crippen LogP contribution in [0.5, 0.6) is 0 Å². The van der Waals surface area contributed by atoms with Gasteiger partial charge in [0.1, 0.15) is 0 Å². The molecule has 2 aliphatic rings. The maximum Gasteiger partial charge on any atom is 0.337 e. The molecule has 2 fully saturated rings. The standard InChI is InChI=1S/C19H26N2O2S/c1-23-17(22)15-6-8-16(9-7-15)20-18(24)21-13-5-12-19(14-21)10-3-2-4-11-19/h6-9H,2-5,10-14H2,1H3,(H,20,24). The fourth-order valence-corrected chi connectivity index (χ4v) is 4.37. The summed E-state index contributed by atoms with van der Waals surface area (Å²) in [4.78, 5) is 13.8. The van der Waals surface area contributed by atoms with Gasteiger partial charge in [0.2, 0.25) is 0 Å². The minimum atomic E-state index is -0.320. The molecule has 3 rings (SSSR count). The van der Waals surface area contributed by atoms with E-state index in [0.29, 0.717) is 11.0 Å². The summed E-state index contributed by atoms with van der Waals surface area (Å²) in [5.74, 6) is -0.320. The molecular formula is C19H26N2O2S. The number of anilines is 1. The average molecular weight is 346 g/mol. The summed E-state index contributed by atoms with van der Waals surface area (Å²) in [5, 5.41) is 4.12. The number of rotatable bonds is 2. The molecule has 1 aromatic carbocycles. The molecule has 1 aliphatic carbocycles. The molecule has 0 bridgehead atoms. The van der Waals surface area contributed by atoms with Crippen LogP contribution in [-0.4, -0.2) is 36.2 Å². The molecule has 1 spiro atoms. The number of thiocarbonyl (C=S) groups is 1. The van der Waals surface area contributed by atoms with E-state index in [1.807, 2.05) is 12.1 Å². The highest BCUT2D eigenvalue weighted by Crippen LogP contribution is 2.43. The highest BCUT2D eigenvalue weighted by Gasteiger charge is 2.37. The SMILES string of the molecule is COC(=O)c1ccc(NC(=S)N2CCCC3(CCCCC3)C2)cc1. The Morgan fingerprint density at radius 2 is 1.79 bits per heavy atom. The monoisotopic (exact) mass is 346 g/mol. The number of methoxy groups -OCH3 is 1. The molecule has 0 unspecified atom stereocenters. The van der Waals surface area contributed by atoms with Crippen molar-refractivity contribution < 1.29 is 9.53 Å². The lowest BCUT2D eigenvalue weighted by Gasteiger charge is -2.46.